The van der Waals surface area contributed by atoms with Crippen LogP contribution in [0, 0.1) is 0 Å². The average Bonchev–Trinajstić information content (AvgIpc) is 2.78. The van der Waals surface area contributed by atoms with Crippen molar-refractivity contribution < 1.29 is 14.7 Å². The Bertz CT molecular complexity index is 519. The van der Waals surface area contributed by atoms with E-state index < -0.39 is 5.97 Å². The van der Waals surface area contributed by atoms with Crippen LogP contribution in [0.1, 0.15) is 29.6 Å². The number of aliphatic carboxylic acids is 1. The molecule has 1 unspecified atom stereocenters. The van der Waals surface area contributed by atoms with Crippen LogP contribution in [0.4, 0.5) is 0 Å². The minimum absolute atomic E-state index is 0.0113. The quantitative estimate of drug-likeness (QED) is 0.861. The van der Waals surface area contributed by atoms with Crippen molar-refractivity contribution in [1.82, 2.24) is 4.90 Å². The first kappa shape index (κ1) is 14.5. The molecule has 1 aliphatic heterocycles. The Balaban J connectivity index is 2.23. The molecule has 1 fully saturated rings. The topological polar surface area (TPSA) is 57.6 Å². The molecule has 0 aliphatic carbocycles. The predicted molar refractivity (Wildman–Crippen MR) is 78.2 cm³/mol. The zero-order chi connectivity index (χ0) is 14.0. The first-order chi connectivity index (χ1) is 8.99. The van der Waals surface area contributed by atoms with Gasteiger partial charge in [0.15, 0.2) is 0 Å². The van der Waals surface area contributed by atoms with Crippen molar-refractivity contribution in [2.24, 2.45) is 0 Å². The molecule has 102 valence electrons. The van der Waals surface area contributed by atoms with E-state index in [1.165, 1.54) is 0 Å². The summed E-state index contributed by atoms with van der Waals surface area (Å²) in [4.78, 5) is 25.0. The molecular weight excluding hydrogens is 378 g/mol. The Morgan fingerprint density at radius 3 is 2.79 bits per heavy atom. The fourth-order valence-corrected chi connectivity index (χ4v) is 3.11. The fraction of sp³-hybridized carbons (Fsp3) is 0.385. The molecule has 0 spiro atoms. The lowest BCUT2D eigenvalue weighted by Gasteiger charge is -2.24. The summed E-state index contributed by atoms with van der Waals surface area (Å²) in [6.07, 6.45) is 1.62. The normalized spacial score (nSPS) is 18.6. The van der Waals surface area contributed by atoms with Crippen LogP contribution in [0.25, 0.3) is 0 Å². The summed E-state index contributed by atoms with van der Waals surface area (Å²) < 4.78 is 1.55. The van der Waals surface area contributed by atoms with E-state index in [0.717, 1.165) is 21.8 Å². The van der Waals surface area contributed by atoms with Crippen molar-refractivity contribution in [2.75, 3.05) is 6.54 Å². The minimum atomic E-state index is -0.863. The fourth-order valence-electron chi connectivity index (χ4n) is 2.33. The van der Waals surface area contributed by atoms with Gasteiger partial charge in [0.25, 0.3) is 5.91 Å². The van der Waals surface area contributed by atoms with Gasteiger partial charge in [0, 0.05) is 21.5 Å². The predicted octanol–water partition coefficient (Wildman–Crippen LogP) is 3.29. The van der Waals surface area contributed by atoms with Crippen molar-refractivity contribution in [3.63, 3.8) is 0 Å². The molecule has 1 saturated heterocycles. The molecule has 2 rings (SSSR count). The van der Waals surface area contributed by atoms with Gasteiger partial charge in [-0.1, -0.05) is 15.9 Å². The Labute approximate surface area is 128 Å². The highest BCUT2D eigenvalue weighted by Gasteiger charge is 2.31. The lowest BCUT2D eigenvalue weighted by atomic mass is 10.1. The Morgan fingerprint density at radius 2 is 2.11 bits per heavy atom. The molecule has 1 atom stereocenters. The van der Waals surface area contributed by atoms with Crippen LogP contribution in [0.15, 0.2) is 27.1 Å². The number of benzene rings is 1. The first-order valence-corrected chi connectivity index (χ1v) is 7.55. The number of likely N-dealkylation sites (tertiary alicyclic amines) is 1. The van der Waals surface area contributed by atoms with E-state index >= 15 is 0 Å². The van der Waals surface area contributed by atoms with E-state index in [4.69, 9.17) is 5.11 Å². The molecule has 4 nitrogen and oxygen atoms in total. The SMILES string of the molecule is O=C(O)CC1CCCN1C(=O)c1cc(Br)ccc1Br. The van der Waals surface area contributed by atoms with Crippen molar-refractivity contribution in [3.8, 4) is 0 Å². The summed E-state index contributed by atoms with van der Waals surface area (Å²) in [5.41, 5.74) is 0.562. The second-order valence-electron chi connectivity index (χ2n) is 4.52. The summed E-state index contributed by atoms with van der Waals surface area (Å²) in [5.74, 6) is -0.977. The van der Waals surface area contributed by atoms with Crippen LogP contribution in [0.5, 0.6) is 0 Å². The lowest BCUT2D eigenvalue weighted by Crippen LogP contribution is -2.37. The third kappa shape index (κ3) is 3.36. The molecule has 6 heteroatoms. The van der Waals surface area contributed by atoms with E-state index in [0.29, 0.717) is 12.1 Å². The van der Waals surface area contributed by atoms with Gasteiger partial charge in [-0.15, -0.1) is 0 Å². The number of nitrogens with zero attached hydrogens (tertiary/aromatic N) is 1. The average molecular weight is 391 g/mol. The number of carbonyl (C=O) groups is 2. The van der Waals surface area contributed by atoms with Crippen molar-refractivity contribution in [3.05, 3.63) is 32.7 Å². The number of carbonyl (C=O) groups excluding carboxylic acids is 1. The van der Waals surface area contributed by atoms with Gasteiger partial charge in [-0.05, 0) is 47.0 Å². The van der Waals surface area contributed by atoms with E-state index in [1.54, 1.807) is 17.0 Å². The van der Waals surface area contributed by atoms with Crippen LogP contribution in [0.2, 0.25) is 0 Å². The molecule has 19 heavy (non-hydrogen) atoms. The van der Waals surface area contributed by atoms with E-state index in [-0.39, 0.29) is 18.4 Å². The van der Waals surface area contributed by atoms with Crippen LogP contribution in [-0.2, 0) is 4.79 Å². The molecule has 0 saturated carbocycles. The summed E-state index contributed by atoms with van der Waals surface area (Å²) in [6, 6.07) is 5.21. The standard InChI is InChI=1S/C13H13Br2NO3/c14-8-3-4-11(15)10(6-8)13(19)16-5-1-2-9(16)7-12(17)18/h3-4,6,9H,1-2,5,7H2,(H,17,18). The zero-order valence-electron chi connectivity index (χ0n) is 10.1. The number of carboxylic acid groups (broad SMARTS) is 1. The molecular formula is C13H13Br2NO3. The molecule has 1 amide bonds. The second-order valence-corrected chi connectivity index (χ2v) is 6.29. The van der Waals surface area contributed by atoms with Gasteiger partial charge in [-0.3, -0.25) is 9.59 Å². The molecule has 0 bridgehead atoms. The van der Waals surface area contributed by atoms with E-state index in [1.807, 2.05) is 6.07 Å². The smallest absolute Gasteiger partial charge is 0.305 e. The van der Waals surface area contributed by atoms with Crippen molar-refractivity contribution >= 4 is 43.7 Å². The van der Waals surface area contributed by atoms with Gasteiger partial charge >= 0.3 is 5.97 Å². The number of hydrogen-bond donors (Lipinski definition) is 1. The lowest BCUT2D eigenvalue weighted by molar-refractivity contribution is -0.137. The number of carboxylic acids is 1. The number of halogens is 2. The third-order valence-corrected chi connectivity index (χ3v) is 4.39. The van der Waals surface area contributed by atoms with Gasteiger partial charge in [-0.25, -0.2) is 0 Å². The summed E-state index contributed by atoms with van der Waals surface area (Å²) >= 11 is 6.71. The number of hydrogen-bond acceptors (Lipinski definition) is 2. The first-order valence-electron chi connectivity index (χ1n) is 5.97. The summed E-state index contributed by atoms with van der Waals surface area (Å²) in [5, 5.41) is 8.89. The van der Waals surface area contributed by atoms with Crippen LogP contribution < -0.4 is 0 Å². The Kier molecular flexibility index (Phi) is 4.62. The molecule has 1 N–H and O–H groups in total. The zero-order valence-corrected chi connectivity index (χ0v) is 13.3. The maximum atomic E-state index is 12.5. The molecule has 1 aromatic carbocycles. The van der Waals surface area contributed by atoms with Gasteiger partial charge in [0.1, 0.15) is 0 Å². The van der Waals surface area contributed by atoms with Crippen LogP contribution in [0.3, 0.4) is 0 Å². The minimum Gasteiger partial charge on any atom is -0.481 e. The largest absolute Gasteiger partial charge is 0.481 e. The molecule has 0 radical (unpaired) electrons. The summed E-state index contributed by atoms with van der Waals surface area (Å²) in [6.45, 7) is 0.621. The Hall–Kier alpha value is -0.880. The van der Waals surface area contributed by atoms with Crippen molar-refractivity contribution in [1.29, 1.82) is 0 Å². The molecule has 0 aromatic heterocycles. The van der Waals surface area contributed by atoms with E-state index in [2.05, 4.69) is 31.9 Å². The number of amides is 1. The highest BCUT2D eigenvalue weighted by Crippen LogP contribution is 2.27. The maximum Gasteiger partial charge on any atom is 0.305 e. The number of rotatable bonds is 3. The van der Waals surface area contributed by atoms with Crippen molar-refractivity contribution in [2.45, 2.75) is 25.3 Å². The molecule has 1 heterocycles. The van der Waals surface area contributed by atoms with Gasteiger partial charge in [0.05, 0.1) is 12.0 Å². The summed E-state index contributed by atoms with van der Waals surface area (Å²) in [7, 11) is 0. The Morgan fingerprint density at radius 1 is 1.37 bits per heavy atom. The molecule has 1 aliphatic rings. The van der Waals surface area contributed by atoms with Gasteiger partial charge in [-0.2, -0.15) is 0 Å². The monoisotopic (exact) mass is 389 g/mol. The third-order valence-electron chi connectivity index (χ3n) is 3.21. The van der Waals surface area contributed by atoms with Gasteiger partial charge in [0.2, 0.25) is 0 Å². The molecule has 1 aromatic rings. The van der Waals surface area contributed by atoms with Gasteiger partial charge < -0.3 is 10.0 Å². The van der Waals surface area contributed by atoms with E-state index in [9.17, 15) is 9.59 Å². The van der Waals surface area contributed by atoms with Crippen LogP contribution in [-0.4, -0.2) is 34.5 Å². The second kappa shape index (κ2) is 6.05. The highest BCUT2D eigenvalue weighted by molar-refractivity contribution is 9.11. The highest BCUT2D eigenvalue weighted by atomic mass is 79.9. The maximum absolute atomic E-state index is 12.5. The van der Waals surface area contributed by atoms with Crippen LogP contribution >= 0.6 is 31.9 Å².